The van der Waals surface area contributed by atoms with Gasteiger partial charge in [-0.3, -0.25) is 4.79 Å². The van der Waals surface area contributed by atoms with Crippen molar-refractivity contribution in [3.05, 3.63) is 45.2 Å². The minimum Gasteiger partial charge on any atom is -0.358 e. The van der Waals surface area contributed by atoms with Crippen LogP contribution in [0.4, 0.5) is 0 Å². The molecule has 0 saturated heterocycles. The van der Waals surface area contributed by atoms with Crippen LogP contribution in [0.5, 0.6) is 0 Å². The molecule has 0 bridgehead atoms. The normalized spacial score (nSPS) is 11.5. The van der Waals surface area contributed by atoms with Gasteiger partial charge in [0.05, 0.1) is 0 Å². The molecule has 1 aromatic heterocycles. The van der Waals surface area contributed by atoms with E-state index in [1.165, 1.54) is 18.4 Å². The summed E-state index contributed by atoms with van der Waals surface area (Å²) in [5.41, 5.74) is 4.21. The summed E-state index contributed by atoms with van der Waals surface area (Å²) in [5, 5.41) is 0.818. The van der Waals surface area contributed by atoms with Gasteiger partial charge in [-0.2, -0.15) is 0 Å². The van der Waals surface area contributed by atoms with Crippen molar-refractivity contribution in [1.29, 1.82) is 0 Å². The number of rotatable bonds is 6. The van der Waals surface area contributed by atoms with Crippen molar-refractivity contribution in [2.24, 2.45) is 0 Å². The van der Waals surface area contributed by atoms with E-state index < -0.39 is 0 Å². The van der Waals surface area contributed by atoms with Gasteiger partial charge < -0.3 is 9.88 Å². The minimum atomic E-state index is 0.180. The Morgan fingerprint density at radius 3 is 2.67 bits per heavy atom. The van der Waals surface area contributed by atoms with E-state index in [1.807, 2.05) is 19.1 Å². The summed E-state index contributed by atoms with van der Waals surface area (Å²) in [4.78, 5) is 18.4. The van der Waals surface area contributed by atoms with E-state index in [2.05, 4.69) is 36.8 Å². The van der Waals surface area contributed by atoms with Crippen LogP contribution in [0.3, 0.4) is 0 Å². The summed E-state index contributed by atoms with van der Waals surface area (Å²) in [6, 6.07) is 6.14. The molecule has 1 aromatic carbocycles. The van der Waals surface area contributed by atoms with E-state index in [-0.39, 0.29) is 5.43 Å². The summed E-state index contributed by atoms with van der Waals surface area (Å²) >= 11 is 0. The van der Waals surface area contributed by atoms with Crippen molar-refractivity contribution in [1.82, 2.24) is 9.88 Å². The molecule has 114 valence electrons. The number of aromatic nitrogens is 1. The SMILES string of the molecule is CCCCN(C)Cc1c(C)[nH]c2ccc(CC)cc2c1=O. The van der Waals surface area contributed by atoms with Crippen LogP contribution in [0.1, 0.15) is 43.5 Å². The van der Waals surface area contributed by atoms with Crippen LogP contribution >= 0.6 is 0 Å². The molecule has 0 unspecified atom stereocenters. The number of nitrogens with one attached hydrogen (secondary N) is 1. The second-order valence-corrected chi connectivity index (χ2v) is 5.88. The average Bonchev–Trinajstić information content (AvgIpc) is 2.49. The molecule has 0 spiro atoms. The number of unbranched alkanes of at least 4 members (excludes halogenated alkanes) is 1. The molecule has 0 fully saturated rings. The zero-order valence-corrected chi connectivity index (χ0v) is 13.6. The third kappa shape index (κ3) is 3.53. The highest BCUT2D eigenvalue weighted by atomic mass is 16.1. The molecule has 3 nitrogen and oxygen atoms in total. The highest BCUT2D eigenvalue weighted by Crippen LogP contribution is 2.15. The third-order valence-corrected chi connectivity index (χ3v) is 4.11. The standard InChI is InChI=1S/C18H26N2O/c1-5-7-10-20(4)12-16-13(3)19-17-9-8-14(6-2)11-15(17)18(16)21/h8-9,11H,5-7,10,12H2,1-4H3,(H,19,21). The second kappa shape index (κ2) is 6.90. The minimum absolute atomic E-state index is 0.180. The van der Waals surface area contributed by atoms with Gasteiger partial charge in [-0.1, -0.05) is 26.3 Å². The number of aryl methyl sites for hydroxylation is 2. The fourth-order valence-corrected chi connectivity index (χ4v) is 2.69. The molecular weight excluding hydrogens is 260 g/mol. The van der Waals surface area contributed by atoms with Gasteiger partial charge in [0, 0.05) is 28.7 Å². The summed E-state index contributed by atoms with van der Waals surface area (Å²) < 4.78 is 0. The highest BCUT2D eigenvalue weighted by Gasteiger charge is 2.11. The van der Waals surface area contributed by atoms with Gasteiger partial charge >= 0.3 is 0 Å². The molecule has 0 aliphatic heterocycles. The number of hydrogen-bond acceptors (Lipinski definition) is 2. The third-order valence-electron chi connectivity index (χ3n) is 4.11. The zero-order valence-electron chi connectivity index (χ0n) is 13.6. The summed E-state index contributed by atoms with van der Waals surface area (Å²) in [7, 11) is 2.08. The Morgan fingerprint density at radius 1 is 1.24 bits per heavy atom. The lowest BCUT2D eigenvalue weighted by atomic mass is 10.0. The smallest absolute Gasteiger partial charge is 0.194 e. The Bertz CT molecular complexity index is 673. The molecule has 21 heavy (non-hydrogen) atoms. The lowest BCUT2D eigenvalue weighted by Gasteiger charge is -2.17. The Balaban J connectivity index is 2.41. The largest absolute Gasteiger partial charge is 0.358 e. The van der Waals surface area contributed by atoms with Gasteiger partial charge in [0.25, 0.3) is 0 Å². The van der Waals surface area contributed by atoms with Crippen LogP contribution in [-0.4, -0.2) is 23.5 Å². The van der Waals surface area contributed by atoms with Crippen molar-refractivity contribution in [3.8, 4) is 0 Å². The molecule has 0 amide bonds. The van der Waals surface area contributed by atoms with Crippen LogP contribution in [0.15, 0.2) is 23.0 Å². The van der Waals surface area contributed by atoms with Gasteiger partial charge in [0.1, 0.15) is 0 Å². The maximum Gasteiger partial charge on any atom is 0.194 e. The van der Waals surface area contributed by atoms with Crippen molar-refractivity contribution >= 4 is 10.9 Å². The number of aromatic amines is 1. The van der Waals surface area contributed by atoms with Crippen LogP contribution in [-0.2, 0) is 13.0 Å². The van der Waals surface area contributed by atoms with Gasteiger partial charge in [-0.15, -0.1) is 0 Å². The van der Waals surface area contributed by atoms with Crippen LogP contribution in [0.2, 0.25) is 0 Å². The number of pyridine rings is 1. The zero-order chi connectivity index (χ0) is 15.4. The number of hydrogen-bond donors (Lipinski definition) is 1. The van der Waals surface area contributed by atoms with E-state index in [0.29, 0.717) is 6.54 Å². The summed E-state index contributed by atoms with van der Waals surface area (Å²) in [5.74, 6) is 0. The summed E-state index contributed by atoms with van der Waals surface area (Å²) in [6.07, 6.45) is 3.30. The first-order valence-electron chi connectivity index (χ1n) is 7.89. The second-order valence-electron chi connectivity index (χ2n) is 5.88. The van der Waals surface area contributed by atoms with Crippen molar-refractivity contribution in [2.75, 3.05) is 13.6 Å². The Labute approximate surface area is 127 Å². The first-order chi connectivity index (χ1) is 10.1. The fraction of sp³-hybridized carbons (Fsp3) is 0.500. The van der Waals surface area contributed by atoms with Gasteiger partial charge in [-0.05, 0) is 51.1 Å². The molecule has 0 aliphatic rings. The van der Waals surface area contributed by atoms with E-state index in [1.54, 1.807) is 0 Å². The first kappa shape index (κ1) is 15.8. The quantitative estimate of drug-likeness (QED) is 0.880. The fourth-order valence-electron chi connectivity index (χ4n) is 2.69. The molecule has 1 N–H and O–H groups in total. The Hall–Kier alpha value is -1.61. The van der Waals surface area contributed by atoms with E-state index >= 15 is 0 Å². The van der Waals surface area contributed by atoms with Gasteiger partial charge in [0.15, 0.2) is 5.43 Å². The lowest BCUT2D eigenvalue weighted by molar-refractivity contribution is 0.319. The highest BCUT2D eigenvalue weighted by molar-refractivity contribution is 5.80. The predicted octanol–water partition coefficient (Wildman–Crippen LogP) is 3.63. The van der Waals surface area contributed by atoms with Crippen molar-refractivity contribution in [3.63, 3.8) is 0 Å². The maximum absolute atomic E-state index is 12.8. The number of H-pyrrole nitrogens is 1. The molecular formula is C18H26N2O. The number of fused-ring (bicyclic) bond motifs is 1. The summed E-state index contributed by atoms with van der Waals surface area (Å²) in [6.45, 7) is 8.05. The van der Waals surface area contributed by atoms with Crippen molar-refractivity contribution < 1.29 is 0 Å². The molecule has 3 heteroatoms. The van der Waals surface area contributed by atoms with E-state index in [0.717, 1.165) is 35.1 Å². The Morgan fingerprint density at radius 2 is 2.00 bits per heavy atom. The number of benzene rings is 1. The first-order valence-corrected chi connectivity index (χ1v) is 7.89. The maximum atomic E-state index is 12.8. The van der Waals surface area contributed by atoms with Gasteiger partial charge in [-0.25, -0.2) is 0 Å². The monoisotopic (exact) mass is 286 g/mol. The molecule has 0 atom stereocenters. The average molecular weight is 286 g/mol. The molecule has 0 radical (unpaired) electrons. The van der Waals surface area contributed by atoms with Crippen LogP contribution in [0, 0.1) is 6.92 Å². The van der Waals surface area contributed by atoms with Crippen molar-refractivity contribution in [2.45, 2.75) is 46.6 Å². The predicted molar refractivity (Wildman–Crippen MR) is 89.9 cm³/mol. The molecule has 2 rings (SSSR count). The lowest BCUT2D eigenvalue weighted by Crippen LogP contribution is -2.25. The van der Waals surface area contributed by atoms with Crippen LogP contribution < -0.4 is 5.43 Å². The van der Waals surface area contributed by atoms with E-state index in [4.69, 9.17) is 0 Å². The molecule has 0 aliphatic carbocycles. The number of nitrogens with zero attached hydrogens (tertiary/aromatic N) is 1. The Kier molecular flexibility index (Phi) is 5.18. The van der Waals surface area contributed by atoms with Crippen LogP contribution in [0.25, 0.3) is 10.9 Å². The van der Waals surface area contributed by atoms with E-state index in [9.17, 15) is 4.79 Å². The topological polar surface area (TPSA) is 36.1 Å². The molecule has 1 heterocycles. The molecule has 0 saturated carbocycles. The van der Waals surface area contributed by atoms with Gasteiger partial charge in [0.2, 0.25) is 0 Å². The molecule has 2 aromatic rings.